The predicted octanol–water partition coefficient (Wildman–Crippen LogP) is 2.79. The fourth-order valence-corrected chi connectivity index (χ4v) is 2.04. The first-order chi connectivity index (χ1) is 10.7. The minimum Gasteiger partial charge on any atom is -0.417 e. The summed E-state index contributed by atoms with van der Waals surface area (Å²) < 4.78 is 23.4. The average Bonchev–Trinajstić information content (AvgIpc) is 2.97. The first kappa shape index (κ1) is 14.3. The van der Waals surface area contributed by atoms with Gasteiger partial charge in [0.05, 0.1) is 5.69 Å². The van der Waals surface area contributed by atoms with E-state index < -0.39 is 0 Å². The summed E-state index contributed by atoms with van der Waals surface area (Å²) in [6.07, 6.45) is 0. The average molecular weight is 300 g/mol. The third kappa shape index (κ3) is 2.84. The highest BCUT2D eigenvalue weighted by Crippen LogP contribution is 2.23. The van der Waals surface area contributed by atoms with Crippen molar-refractivity contribution in [2.45, 2.75) is 13.5 Å². The van der Waals surface area contributed by atoms with Crippen LogP contribution in [0.3, 0.4) is 0 Å². The molecule has 2 aromatic heterocycles. The molecular formula is C15H13FN4O2. The summed E-state index contributed by atoms with van der Waals surface area (Å²) in [5.74, 6) is 0.377. The van der Waals surface area contributed by atoms with Crippen LogP contribution in [0.1, 0.15) is 11.5 Å². The number of rotatable bonds is 4. The number of aromatic nitrogens is 4. The van der Waals surface area contributed by atoms with Crippen molar-refractivity contribution in [2.24, 2.45) is 0 Å². The fraction of sp³-hybridized carbons (Fsp3) is 0.200. The maximum Gasteiger partial charge on any atom is 0.268 e. The van der Waals surface area contributed by atoms with Crippen LogP contribution in [-0.4, -0.2) is 27.5 Å². The number of aryl methyl sites for hydroxylation is 1. The van der Waals surface area contributed by atoms with Crippen molar-refractivity contribution in [1.82, 2.24) is 20.4 Å². The van der Waals surface area contributed by atoms with E-state index in [9.17, 15) is 4.39 Å². The van der Waals surface area contributed by atoms with E-state index in [0.29, 0.717) is 17.3 Å². The zero-order valence-electron chi connectivity index (χ0n) is 12.1. The number of hydrogen-bond donors (Lipinski definition) is 0. The Morgan fingerprint density at radius 3 is 2.50 bits per heavy atom. The summed E-state index contributed by atoms with van der Waals surface area (Å²) in [6, 6.07) is 8.04. The van der Waals surface area contributed by atoms with Gasteiger partial charge in [0.25, 0.3) is 5.89 Å². The van der Waals surface area contributed by atoms with E-state index >= 15 is 0 Å². The van der Waals surface area contributed by atoms with Gasteiger partial charge in [0.15, 0.2) is 0 Å². The summed E-state index contributed by atoms with van der Waals surface area (Å²) in [7, 11) is 1.55. The van der Waals surface area contributed by atoms with E-state index in [1.807, 2.05) is 6.92 Å². The summed E-state index contributed by atoms with van der Waals surface area (Å²) in [6.45, 7) is 2.07. The lowest BCUT2D eigenvalue weighted by Crippen LogP contribution is -1.93. The van der Waals surface area contributed by atoms with Crippen LogP contribution in [0.15, 0.2) is 34.7 Å². The Balaban J connectivity index is 1.88. The molecule has 0 aliphatic carbocycles. The predicted molar refractivity (Wildman–Crippen MR) is 76.2 cm³/mol. The van der Waals surface area contributed by atoms with Gasteiger partial charge in [-0.2, -0.15) is 0 Å². The number of benzene rings is 1. The van der Waals surface area contributed by atoms with Crippen molar-refractivity contribution < 1.29 is 13.5 Å². The second kappa shape index (κ2) is 5.98. The van der Waals surface area contributed by atoms with Gasteiger partial charge in [-0.05, 0) is 42.8 Å². The van der Waals surface area contributed by atoms with Crippen LogP contribution in [0.4, 0.5) is 4.39 Å². The minimum absolute atomic E-state index is 0.243. The van der Waals surface area contributed by atoms with Crippen molar-refractivity contribution in [3.05, 3.63) is 47.6 Å². The minimum atomic E-state index is -0.276. The highest BCUT2D eigenvalue weighted by Gasteiger charge is 2.11. The van der Waals surface area contributed by atoms with Gasteiger partial charge in [-0.25, -0.2) is 4.39 Å². The number of methoxy groups -OCH3 is 1. The van der Waals surface area contributed by atoms with E-state index in [0.717, 1.165) is 11.1 Å². The molecule has 0 unspecified atom stereocenters. The first-order valence-electron chi connectivity index (χ1n) is 6.59. The molecule has 6 nitrogen and oxygen atoms in total. The lowest BCUT2D eigenvalue weighted by molar-refractivity contribution is 0.160. The molecule has 1 aromatic carbocycles. The van der Waals surface area contributed by atoms with E-state index in [1.165, 1.54) is 12.1 Å². The van der Waals surface area contributed by atoms with Crippen molar-refractivity contribution in [2.75, 3.05) is 7.11 Å². The summed E-state index contributed by atoms with van der Waals surface area (Å²) in [5, 5.41) is 15.9. The molecule has 0 fully saturated rings. The topological polar surface area (TPSA) is 73.9 Å². The van der Waals surface area contributed by atoms with Crippen LogP contribution in [0.2, 0.25) is 0 Å². The number of hydrogen-bond acceptors (Lipinski definition) is 6. The zero-order valence-corrected chi connectivity index (χ0v) is 12.1. The highest BCUT2D eigenvalue weighted by molar-refractivity contribution is 5.64. The monoisotopic (exact) mass is 300 g/mol. The second-order valence-electron chi connectivity index (χ2n) is 4.70. The zero-order chi connectivity index (χ0) is 15.5. The van der Waals surface area contributed by atoms with E-state index in [1.54, 1.807) is 25.3 Å². The molecule has 7 heteroatoms. The molecule has 0 aliphatic heterocycles. The summed E-state index contributed by atoms with van der Waals surface area (Å²) in [4.78, 5) is 0. The molecule has 0 radical (unpaired) electrons. The smallest absolute Gasteiger partial charge is 0.268 e. The molecule has 0 spiro atoms. The second-order valence-corrected chi connectivity index (χ2v) is 4.70. The van der Waals surface area contributed by atoms with Gasteiger partial charge in [0.2, 0.25) is 5.89 Å². The largest absolute Gasteiger partial charge is 0.417 e. The van der Waals surface area contributed by atoms with Gasteiger partial charge in [0.1, 0.15) is 18.1 Å². The van der Waals surface area contributed by atoms with Crippen LogP contribution >= 0.6 is 0 Å². The molecular weight excluding hydrogens is 287 g/mol. The molecule has 0 atom stereocenters. The van der Waals surface area contributed by atoms with Crippen molar-refractivity contribution in [3.63, 3.8) is 0 Å². The first-order valence-corrected chi connectivity index (χ1v) is 6.59. The van der Waals surface area contributed by atoms with Crippen molar-refractivity contribution >= 4 is 0 Å². The van der Waals surface area contributed by atoms with Gasteiger partial charge in [-0.15, -0.1) is 20.4 Å². The summed E-state index contributed by atoms with van der Waals surface area (Å²) >= 11 is 0. The Morgan fingerprint density at radius 1 is 1.05 bits per heavy atom. The Hall–Kier alpha value is -2.67. The third-order valence-corrected chi connectivity index (χ3v) is 3.08. The van der Waals surface area contributed by atoms with Crippen molar-refractivity contribution in [3.8, 4) is 22.8 Å². The molecule has 0 saturated carbocycles. The van der Waals surface area contributed by atoms with Gasteiger partial charge >= 0.3 is 0 Å². The molecule has 2 heterocycles. The van der Waals surface area contributed by atoms with Gasteiger partial charge in [-0.1, -0.05) is 0 Å². The molecule has 0 saturated heterocycles. The van der Waals surface area contributed by atoms with Crippen LogP contribution in [0.5, 0.6) is 0 Å². The van der Waals surface area contributed by atoms with E-state index in [2.05, 4.69) is 20.4 Å². The fourth-order valence-electron chi connectivity index (χ4n) is 2.04. The highest BCUT2D eigenvalue weighted by atomic mass is 19.1. The molecule has 0 N–H and O–H groups in total. The maximum atomic E-state index is 13.1. The summed E-state index contributed by atoms with van der Waals surface area (Å²) in [5.41, 5.74) is 2.74. The van der Waals surface area contributed by atoms with Gasteiger partial charge in [-0.3, -0.25) is 0 Å². The lowest BCUT2D eigenvalue weighted by atomic mass is 10.1. The molecule has 3 rings (SSSR count). The number of halogens is 1. The lowest BCUT2D eigenvalue weighted by Gasteiger charge is -2.04. The van der Waals surface area contributed by atoms with Crippen LogP contribution in [0.25, 0.3) is 22.8 Å². The standard InChI is InChI=1S/C15H13FN4O2/c1-9-7-10(16)3-4-11(9)12-5-6-13(18-17-12)15-20-19-14(22-15)8-21-2/h3-7H,8H2,1-2H3. The normalized spacial score (nSPS) is 10.9. The molecule has 3 aromatic rings. The molecule has 22 heavy (non-hydrogen) atoms. The quantitative estimate of drug-likeness (QED) is 0.737. The Labute approximate surface area is 126 Å². The van der Waals surface area contributed by atoms with Gasteiger partial charge < -0.3 is 9.15 Å². The van der Waals surface area contributed by atoms with Crippen molar-refractivity contribution in [1.29, 1.82) is 0 Å². The Kier molecular flexibility index (Phi) is 3.88. The SMILES string of the molecule is COCc1nnc(-c2ccc(-c3ccc(F)cc3C)nn2)o1. The van der Waals surface area contributed by atoms with Crippen LogP contribution < -0.4 is 0 Å². The number of nitrogens with zero attached hydrogens (tertiary/aromatic N) is 4. The molecule has 0 amide bonds. The maximum absolute atomic E-state index is 13.1. The molecule has 0 bridgehead atoms. The van der Waals surface area contributed by atoms with Crippen LogP contribution in [0, 0.1) is 12.7 Å². The Bertz CT molecular complexity index is 786. The third-order valence-electron chi connectivity index (χ3n) is 3.08. The van der Waals surface area contributed by atoms with E-state index in [-0.39, 0.29) is 18.3 Å². The van der Waals surface area contributed by atoms with Gasteiger partial charge in [0, 0.05) is 12.7 Å². The molecule has 112 valence electrons. The Morgan fingerprint density at radius 2 is 1.82 bits per heavy atom. The number of ether oxygens (including phenoxy) is 1. The molecule has 0 aliphatic rings. The van der Waals surface area contributed by atoms with E-state index in [4.69, 9.17) is 9.15 Å². The van der Waals surface area contributed by atoms with Crippen LogP contribution in [-0.2, 0) is 11.3 Å².